The Morgan fingerprint density at radius 1 is 1.10 bits per heavy atom. The van der Waals surface area contributed by atoms with Crippen LogP contribution in [0.1, 0.15) is 82.1 Å². The van der Waals surface area contributed by atoms with Gasteiger partial charge in [-0.3, -0.25) is 0 Å². The molecule has 158 valence electrons. The van der Waals surface area contributed by atoms with Crippen LogP contribution in [-0.4, -0.2) is 39.3 Å². The van der Waals surface area contributed by atoms with Gasteiger partial charge in [-0.25, -0.2) is 4.79 Å². The Morgan fingerprint density at radius 2 is 1.79 bits per heavy atom. The highest BCUT2D eigenvalue weighted by Crippen LogP contribution is 2.28. The molecular formula is C23H33N3O3. The molecule has 3 rings (SSSR count). The van der Waals surface area contributed by atoms with Crippen LogP contribution in [0, 0.1) is 0 Å². The smallest absolute Gasteiger partial charge is 0.407 e. The van der Waals surface area contributed by atoms with E-state index in [9.17, 15) is 4.79 Å². The lowest BCUT2D eigenvalue weighted by molar-refractivity contribution is 0.154. The molecule has 0 spiro atoms. The van der Waals surface area contributed by atoms with E-state index in [4.69, 9.17) is 9.63 Å². The summed E-state index contributed by atoms with van der Waals surface area (Å²) < 4.78 is 5.41. The van der Waals surface area contributed by atoms with Crippen LogP contribution in [0.2, 0.25) is 0 Å². The number of amides is 1. The van der Waals surface area contributed by atoms with E-state index in [2.05, 4.69) is 29.2 Å². The van der Waals surface area contributed by atoms with Crippen LogP contribution in [0.25, 0.3) is 11.4 Å². The van der Waals surface area contributed by atoms with Gasteiger partial charge >= 0.3 is 6.09 Å². The van der Waals surface area contributed by atoms with Gasteiger partial charge in [0, 0.05) is 18.7 Å². The molecule has 1 aliphatic rings. The molecule has 1 saturated heterocycles. The predicted molar refractivity (Wildman–Crippen MR) is 113 cm³/mol. The van der Waals surface area contributed by atoms with Crippen LogP contribution in [0.4, 0.5) is 4.79 Å². The topological polar surface area (TPSA) is 79.5 Å². The second-order valence-corrected chi connectivity index (χ2v) is 8.09. The fourth-order valence-corrected chi connectivity index (χ4v) is 3.94. The SMILES string of the molecule is CCCCCCCCCCc1ccc(-c2noc([C@H]3CCN(C(=O)O)C3)n2)cc1. The summed E-state index contributed by atoms with van der Waals surface area (Å²) >= 11 is 0. The molecule has 29 heavy (non-hydrogen) atoms. The Bertz CT molecular complexity index is 757. The van der Waals surface area contributed by atoms with Crippen molar-refractivity contribution in [1.29, 1.82) is 0 Å². The van der Waals surface area contributed by atoms with Gasteiger partial charge in [-0.15, -0.1) is 0 Å². The minimum absolute atomic E-state index is 0.00593. The summed E-state index contributed by atoms with van der Waals surface area (Å²) in [7, 11) is 0. The third kappa shape index (κ3) is 6.31. The number of carbonyl (C=O) groups is 1. The molecule has 0 saturated carbocycles. The summed E-state index contributed by atoms with van der Waals surface area (Å²) in [6.45, 7) is 3.20. The number of nitrogens with zero attached hydrogens (tertiary/aromatic N) is 3. The minimum Gasteiger partial charge on any atom is -0.465 e. The van der Waals surface area contributed by atoms with Gasteiger partial charge in [0.25, 0.3) is 0 Å². The molecular weight excluding hydrogens is 366 g/mol. The lowest BCUT2D eigenvalue weighted by atomic mass is 10.0. The summed E-state index contributed by atoms with van der Waals surface area (Å²) in [5, 5.41) is 13.2. The zero-order valence-electron chi connectivity index (χ0n) is 17.5. The maximum absolute atomic E-state index is 11.1. The molecule has 6 heteroatoms. The van der Waals surface area contributed by atoms with Crippen LogP contribution < -0.4 is 0 Å². The average molecular weight is 400 g/mol. The highest BCUT2D eigenvalue weighted by molar-refractivity contribution is 5.65. The fraction of sp³-hybridized carbons (Fsp3) is 0.609. The van der Waals surface area contributed by atoms with Gasteiger partial charge in [0.05, 0.1) is 5.92 Å². The number of aryl methyl sites for hydroxylation is 1. The first-order valence-corrected chi connectivity index (χ1v) is 11.1. The van der Waals surface area contributed by atoms with Crippen molar-refractivity contribution in [3.63, 3.8) is 0 Å². The number of unbranched alkanes of at least 4 members (excludes halogenated alkanes) is 7. The van der Waals surface area contributed by atoms with Crippen molar-refractivity contribution in [1.82, 2.24) is 15.0 Å². The molecule has 1 N–H and O–H groups in total. The molecule has 1 aromatic carbocycles. The Kier molecular flexibility index (Phi) is 8.08. The number of carboxylic acid groups (broad SMARTS) is 1. The second-order valence-electron chi connectivity index (χ2n) is 8.09. The zero-order valence-corrected chi connectivity index (χ0v) is 17.5. The molecule has 0 radical (unpaired) electrons. The standard InChI is InChI=1S/C23H33N3O3/c1-2-3-4-5-6-7-8-9-10-18-11-13-19(14-12-18)21-24-22(29-25-21)20-15-16-26(17-20)23(27)28/h11-14,20H,2-10,15-17H2,1H3,(H,27,28)/t20-/m0/s1. The van der Waals surface area contributed by atoms with Crippen LogP contribution in [-0.2, 0) is 6.42 Å². The molecule has 6 nitrogen and oxygen atoms in total. The molecule has 2 aromatic rings. The highest BCUT2D eigenvalue weighted by atomic mass is 16.5. The lowest BCUT2D eigenvalue weighted by Crippen LogP contribution is -2.26. The number of aromatic nitrogens is 2. The molecule has 0 aliphatic carbocycles. The lowest BCUT2D eigenvalue weighted by Gasteiger charge is -2.09. The van der Waals surface area contributed by atoms with E-state index in [1.807, 2.05) is 12.1 Å². The average Bonchev–Trinajstić information content (AvgIpc) is 3.40. The Balaban J connectivity index is 1.42. The highest BCUT2D eigenvalue weighted by Gasteiger charge is 2.31. The number of likely N-dealkylation sites (tertiary alicyclic amines) is 1. The largest absolute Gasteiger partial charge is 0.465 e. The fourth-order valence-electron chi connectivity index (χ4n) is 3.94. The van der Waals surface area contributed by atoms with Gasteiger partial charge in [0.15, 0.2) is 0 Å². The van der Waals surface area contributed by atoms with Crippen LogP contribution in [0.3, 0.4) is 0 Å². The van der Waals surface area contributed by atoms with Gasteiger partial charge in [0.2, 0.25) is 11.7 Å². The van der Waals surface area contributed by atoms with Crippen molar-refractivity contribution >= 4 is 6.09 Å². The molecule has 1 amide bonds. The number of rotatable bonds is 11. The van der Waals surface area contributed by atoms with E-state index in [1.165, 1.54) is 61.8 Å². The van der Waals surface area contributed by atoms with Gasteiger partial charge < -0.3 is 14.5 Å². The maximum atomic E-state index is 11.1. The predicted octanol–water partition coefficient (Wildman–Crippen LogP) is 5.89. The van der Waals surface area contributed by atoms with Crippen molar-refractivity contribution in [2.24, 2.45) is 0 Å². The van der Waals surface area contributed by atoms with Crippen molar-refractivity contribution < 1.29 is 14.4 Å². The maximum Gasteiger partial charge on any atom is 0.407 e. The first kappa shape index (κ1) is 21.3. The van der Waals surface area contributed by atoms with Gasteiger partial charge in [-0.2, -0.15) is 4.98 Å². The molecule has 1 aromatic heterocycles. The summed E-state index contributed by atoms with van der Waals surface area (Å²) in [6.07, 6.45) is 11.6. The Labute approximate surface area is 173 Å². The van der Waals surface area contributed by atoms with E-state index in [0.29, 0.717) is 24.8 Å². The number of benzene rings is 1. The first-order chi connectivity index (χ1) is 14.2. The summed E-state index contributed by atoms with van der Waals surface area (Å²) in [4.78, 5) is 17.0. The molecule has 1 fully saturated rings. The molecule has 0 unspecified atom stereocenters. The van der Waals surface area contributed by atoms with E-state index in [1.54, 1.807) is 0 Å². The van der Waals surface area contributed by atoms with Crippen molar-refractivity contribution in [2.45, 2.75) is 77.0 Å². The molecule has 2 heterocycles. The van der Waals surface area contributed by atoms with E-state index in [-0.39, 0.29) is 5.92 Å². The van der Waals surface area contributed by atoms with Crippen molar-refractivity contribution in [2.75, 3.05) is 13.1 Å². The summed E-state index contributed by atoms with van der Waals surface area (Å²) in [5.74, 6) is 1.10. The van der Waals surface area contributed by atoms with Crippen LogP contribution >= 0.6 is 0 Å². The van der Waals surface area contributed by atoms with Gasteiger partial charge in [0.1, 0.15) is 0 Å². The number of hydrogen-bond donors (Lipinski definition) is 1. The van der Waals surface area contributed by atoms with Gasteiger partial charge in [-0.05, 0) is 24.8 Å². The molecule has 0 bridgehead atoms. The van der Waals surface area contributed by atoms with E-state index >= 15 is 0 Å². The van der Waals surface area contributed by atoms with Crippen molar-refractivity contribution in [3.05, 3.63) is 35.7 Å². The van der Waals surface area contributed by atoms with Crippen LogP contribution in [0.15, 0.2) is 28.8 Å². The molecule has 1 aliphatic heterocycles. The van der Waals surface area contributed by atoms with Crippen LogP contribution in [0.5, 0.6) is 0 Å². The normalized spacial score (nSPS) is 16.4. The third-order valence-corrected chi connectivity index (χ3v) is 5.78. The Hall–Kier alpha value is -2.37. The van der Waals surface area contributed by atoms with E-state index in [0.717, 1.165) is 18.4 Å². The number of hydrogen-bond acceptors (Lipinski definition) is 4. The van der Waals surface area contributed by atoms with Crippen molar-refractivity contribution in [3.8, 4) is 11.4 Å². The summed E-state index contributed by atoms with van der Waals surface area (Å²) in [6, 6.07) is 8.39. The third-order valence-electron chi connectivity index (χ3n) is 5.78. The second kappa shape index (κ2) is 11.0. The van der Waals surface area contributed by atoms with Gasteiger partial charge in [-0.1, -0.05) is 81.3 Å². The van der Waals surface area contributed by atoms with E-state index < -0.39 is 6.09 Å². The summed E-state index contributed by atoms with van der Waals surface area (Å²) in [5.41, 5.74) is 2.28. The zero-order chi connectivity index (χ0) is 20.5. The Morgan fingerprint density at radius 3 is 2.45 bits per heavy atom. The minimum atomic E-state index is -0.890. The first-order valence-electron chi connectivity index (χ1n) is 11.1. The quantitative estimate of drug-likeness (QED) is 0.477. The molecule has 1 atom stereocenters. The monoisotopic (exact) mass is 399 g/mol.